The number of cyclic esters (lactones) is 1. The first-order chi connectivity index (χ1) is 10.8. The molecule has 1 unspecified atom stereocenters. The molecule has 1 atom stereocenters. The molecule has 1 saturated heterocycles. The van der Waals surface area contributed by atoms with Gasteiger partial charge in [-0.1, -0.05) is 60.7 Å². The Balaban J connectivity index is 1.90. The first-order valence-corrected chi connectivity index (χ1v) is 7.57. The van der Waals surface area contributed by atoms with Crippen LogP contribution in [0.3, 0.4) is 0 Å². The summed E-state index contributed by atoms with van der Waals surface area (Å²) < 4.78 is 5.50. The minimum Gasteiger partial charge on any atom is -0.412 e. The number of benzene rings is 2. The fourth-order valence-electron chi connectivity index (χ4n) is 2.75. The number of likely N-dealkylation sites (N-methyl/N-ethyl adjacent to an activating group) is 1. The highest BCUT2D eigenvalue weighted by Gasteiger charge is 2.36. The Morgan fingerprint density at radius 1 is 1.05 bits per heavy atom. The third kappa shape index (κ3) is 3.03. The molecular weight excluding hydrogens is 274 g/mol. The maximum absolute atomic E-state index is 12.1. The lowest BCUT2D eigenvalue weighted by molar-refractivity contribution is 0.167. The van der Waals surface area contributed by atoms with Gasteiger partial charge >= 0.3 is 6.09 Å². The van der Waals surface area contributed by atoms with Gasteiger partial charge in [0.2, 0.25) is 0 Å². The molecule has 0 radical (unpaired) electrons. The lowest BCUT2D eigenvalue weighted by atomic mass is 10.0. The maximum atomic E-state index is 12.1. The van der Waals surface area contributed by atoms with Crippen LogP contribution in [0.1, 0.15) is 18.1 Å². The molecule has 0 spiro atoms. The third-order valence-electron chi connectivity index (χ3n) is 3.87. The zero-order valence-electron chi connectivity index (χ0n) is 12.6. The minimum absolute atomic E-state index is 0.0416. The molecular formula is C19H19NO2. The van der Waals surface area contributed by atoms with Crippen LogP contribution in [-0.2, 0) is 11.2 Å². The van der Waals surface area contributed by atoms with Gasteiger partial charge in [0.15, 0.2) is 0 Å². The van der Waals surface area contributed by atoms with Crippen molar-refractivity contribution < 1.29 is 9.53 Å². The Bertz CT molecular complexity index is 664. The average molecular weight is 293 g/mol. The van der Waals surface area contributed by atoms with Gasteiger partial charge in [0.05, 0.1) is 6.04 Å². The lowest BCUT2D eigenvalue weighted by Gasteiger charge is -2.20. The van der Waals surface area contributed by atoms with Crippen molar-refractivity contribution in [2.45, 2.75) is 19.4 Å². The van der Waals surface area contributed by atoms with Crippen molar-refractivity contribution in [2.75, 3.05) is 6.54 Å². The minimum atomic E-state index is -0.259. The standard InChI is InChI=1S/C19H19NO2/c1-2-20-17(13-15-9-5-3-6-10-15)18(22-19(20)21)14-16-11-7-4-8-12-16/h3-12,14,17H,2,13H2,1H3/b18-14-. The van der Waals surface area contributed by atoms with E-state index in [4.69, 9.17) is 4.74 Å². The molecule has 0 N–H and O–H groups in total. The van der Waals surface area contributed by atoms with Crippen LogP contribution in [0.4, 0.5) is 4.79 Å². The van der Waals surface area contributed by atoms with E-state index in [9.17, 15) is 4.79 Å². The molecule has 3 heteroatoms. The summed E-state index contributed by atoms with van der Waals surface area (Å²) in [5.74, 6) is 0.724. The number of ether oxygens (including phenoxy) is 1. The molecule has 1 fully saturated rings. The number of rotatable bonds is 4. The second-order valence-corrected chi connectivity index (χ2v) is 5.32. The third-order valence-corrected chi connectivity index (χ3v) is 3.87. The highest BCUT2D eigenvalue weighted by molar-refractivity contribution is 5.75. The maximum Gasteiger partial charge on any atom is 0.415 e. The van der Waals surface area contributed by atoms with Crippen LogP contribution in [0.25, 0.3) is 6.08 Å². The molecule has 112 valence electrons. The highest BCUT2D eigenvalue weighted by atomic mass is 16.6. The molecule has 2 aromatic rings. The normalized spacial score (nSPS) is 19.5. The van der Waals surface area contributed by atoms with Gasteiger partial charge in [-0.05, 0) is 24.1 Å². The van der Waals surface area contributed by atoms with E-state index in [1.807, 2.05) is 61.5 Å². The Morgan fingerprint density at radius 2 is 1.68 bits per heavy atom. The molecule has 1 amide bonds. The topological polar surface area (TPSA) is 29.5 Å². The summed E-state index contributed by atoms with van der Waals surface area (Å²) in [5, 5.41) is 0. The first-order valence-electron chi connectivity index (χ1n) is 7.57. The van der Waals surface area contributed by atoms with Gasteiger partial charge in [0.1, 0.15) is 5.76 Å². The smallest absolute Gasteiger partial charge is 0.412 e. The number of carbonyl (C=O) groups excluding carboxylic acids is 1. The van der Waals surface area contributed by atoms with Crippen molar-refractivity contribution >= 4 is 12.2 Å². The van der Waals surface area contributed by atoms with E-state index in [0.29, 0.717) is 6.54 Å². The van der Waals surface area contributed by atoms with E-state index >= 15 is 0 Å². The van der Waals surface area contributed by atoms with E-state index < -0.39 is 0 Å². The molecule has 0 aromatic heterocycles. The van der Waals surface area contributed by atoms with Crippen molar-refractivity contribution in [3.05, 3.63) is 77.5 Å². The van der Waals surface area contributed by atoms with E-state index in [1.165, 1.54) is 5.56 Å². The summed E-state index contributed by atoms with van der Waals surface area (Å²) in [6.45, 7) is 2.62. The average Bonchev–Trinajstić information content (AvgIpc) is 2.84. The molecule has 2 aromatic carbocycles. The fourth-order valence-corrected chi connectivity index (χ4v) is 2.75. The number of carbonyl (C=O) groups is 1. The van der Waals surface area contributed by atoms with E-state index in [2.05, 4.69) is 12.1 Å². The summed E-state index contributed by atoms with van der Waals surface area (Å²) in [5.41, 5.74) is 2.24. The van der Waals surface area contributed by atoms with Gasteiger partial charge in [0, 0.05) is 13.0 Å². The monoisotopic (exact) mass is 293 g/mol. The van der Waals surface area contributed by atoms with Crippen LogP contribution >= 0.6 is 0 Å². The van der Waals surface area contributed by atoms with Gasteiger partial charge in [0.25, 0.3) is 0 Å². The lowest BCUT2D eigenvalue weighted by Crippen LogP contribution is -2.34. The second-order valence-electron chi connectivity index (χ2n) is 5.32. The summed E-state index contributed by atoms with van der Waals surface area (Å²) in [6, 6.07) is 20.1. The summed E-state index contributed by atoms with van der Waals surface area (Å²) >= 11 is 0. The molecule has 3 rings (SSSR count). The molecule has 1 aliphatic heterocycles. The Kier molecular flexibility index (Phi) is 4.24. The summed E-state index contributed by atoms with van der Waals surface area (Å²) in [6.07, 6.45) is 2.46. The van der Waals surface area contributed by atoms with E-state index in [1.54, 1.807) is 4.90 Å². The van der Waals surface area contributed by atoms with Gasteiger partial charge < -0.3 is 4.74 Å². The molecule has 1 heterocycles. The number of hydrogen-bond donors (Lipinski definition) is 0. The largest absolute Gasteiger partial charge is 0.415 e. The zero-order chi connectivity index (χ0) is 15.4. The molecule has 1 aliphatic rings. The molecule has 0 saturated carbocycles. The Labute approximate surface area is 130 Å². The molecule has 3 nitrogen and oxygen atoms in total. The van der Waals surface area contributed by atoms with Crippen molar-refractivity contribution in [1.29, 1.82) is 0 Å². The van der Waals surface area contributed by atoms with Crippen molar-refractivity contribution in [3.63, 3.8) is 0 Å². The van der Waals surface area contributed by atoms with Gasteiger partial charge in [-0.2, -0.15) is 0 Å². The van der Waals surface area contributed by atoms with Gasteiger partial charge in [-0.15, -0.1) is 0 Å². The van der Waals surface area contributed by atoms with Crippen LogP contribution in [0.15, 0.2) is 66.4 Å². The summed E-state index contributed by atoms with van der Waals surface area (Å²) in [4.78, 5) is 13.8. The van der Waals surface area contributed by atoms with Crippen LogP contribution in [0, 0.1) is 0 Å². The van der Waals surface area contributed by atoms with Gasteiger partial charge in [-0.25, -0.2) is 4.79 Å². The fraction of sp³-hybridized carbons (Fsp3) is 0.211. The SMILES string of the molecule is CCN1C(=O)O/C(=C\c2ccccc2)C1Cc1ccccc1. The van der Waals surface area contributed by atoms with Crippen LogP contribution in [0.2, 0.25) is 0 Å². The number of hydrogen-bond acceptors (Lipinski definition) is 2. The molecule has 0 bridgehead atoms. The highest BCUT2D eigenvalue weighted by Crippen LogP contribution is 2.27. The number of nitrogens with zero attached hydrogens (tertiary/aromatic N) is 1. The second kappa shape index (κ2) is 6.48. The van der Waals surface area contributed by atoms with Crippen LogP contribution in [0.5, 0.6) is 0 Å². The first kappa shape index (κ1) is 14.4. The van der Waals surface area contributed by atoms with Gasteiger partial charge in [-0.3, -0.25) is 4.90 Å². The molecule has 22 heavy (non-hydrogen) atoms. The van der Waals surface area contributed by atoms with E-state index in [0.717, 1.165) is 17.7 Å². The molecule has 0 aliphatic carbocycles. The quantitative estimate of drug-likeness (QED) is 0.849. The Morgan fingerprint density at radius 3 is 2.32 bits per heavy atom. The van der Waals surface area contributed by atoms with Crippen molar-refractivity contribution in [3.8, 4) is 0 Å². The van der Waals surface area contributed by atoms with Crippen LogP contribution in [-0.4, -0.2) is 23.6 Å². The predicted molar refractivity (Wildman–Crippen MR) is 87.2 cm³/mol. The van der Waals surface area contributed by atoms with Crippen LogP contribution < -0.4 is 0 Å². The predicted octanol–water partition coefficient (Wildman–Crippen LogP) is 4.11. The van der Waals surface area contributed by atoms with E-state index in [-0.39, 0.29) is 12.1 Å². The van der Waals surface area contributed by atoms with Crippen molar-refractivity contribution in [1.82, 2.24) is 4.90 Å². The Hall–Kier alpha value is -2.55. The zero-order valence-corrected chi connectivity index (χ0v) is 12.6. The van der Waals surface area contributed by atoms with Crippen molar-refractivity contribution in [2.24, 2.45) is 0 Å². The number of amides is 1. The summed E-state index contributed by atoms with van der Waals surface area (Å²) in [7, 11) is 0.